The Labute approximate surface area is 134 Å². The number of hydrogen-bond acceptors (Lipinski definition) is 2. The number of alkyl halides is 1. The molecule has 3 nitrogen and oxygen atoms in total. The van der Waals surface area contributed by atoms with E-state index >= 15 is 0 Å². The van der Waals surface area contributed by atoms with Crippen molar-refractivity contribution in [3.63, 3.8) is 0 Å². The van der Waals surface area contributed by atoms with Crippen LogP contribution in [0.4, 0.5) is 0 Å². The van der Waals surface area contributed by atoms with Gasteiger partial charge in [0.05, 0.1) is 26.5 Å². The van der Waals surface area contributed by atoms with Gasteiger partial charge in [0.1, 0.15) is 5.82 Å². The summed E-state index contributed by atoms with van der Waals surface area (Å²) in [6.07, 6.45) is 0. The smallest absolute Gasteiger partial charge is 0.127 e. The van der Waals surface area contributed by atoms with Crippen molar-refractivity contribution in [3.8, 4) is 0 Å². The maximum absolute atomic E-state index is 6.26. The quantitative estimate of drug-likeness (QED) is 0.762. The van der Waals surface area contributed by atoms with Gasteiger partial charge in [-0.1, -0.05) is 23.2 Å². The molecule has 6 heteroatoms. The number of fused-ring (bicyclic) bond motifs is 1. The monoisotopic (exact) mass is 333 g/mol. The summed E-state index contributed by atoms with van der Waals surface area (Å²) < 4.78 is 2.12. The van der Waals surface area contributed by atoms with Gasteiger partial charge in [0.15, 0.2) is 0 Å². The first-order valence-corrected chi connectivity index (χ1v) is 7.66. The molecule has 0 radical (unpaired) electrons. The first-order valence-electron chi connectivity index (χ1n) is 6.47. The molecule has 1 aromatic heterocycles. The fraction of sp³-hybridized carbons (Fsp3) is 0.500. The number of benzene rings is 1. The second-order valence-electron chi connectivity index (χ2n) is 5.26. The van der Waals surface area contributed by atoms with Crippen molar-refractivity contribution in [3.05, 3.63) is 28.0 Å². The van der Waals surface area contributed by atoms with E-state index in [1.807, 2.05) is 13.0 Å². The molecule has 20 heavy (non-hydrogen) atoms. The van der Waals surface area contributed by atoms with Crippen molar-refractivity contribution in [1.82, 2.24) is 14.5 Å². The van der Waals surface area contributed by atoms with E-state index in [-0.39, 0.29) is 5.38 Å². The molecular formula is C14H18Cl3N3. The van der Waals surface area contributed by atoms with E-state index in [1.165, 1.54) is 0 Å². The summed E-state index contributed by atoms with van der Waals surface area (Å²) in [5.74, 6) is 0.841. The van der Waals surface area contributed by atoms with Gasteiger partial charge in [-0.2, -0.15) is 0 Å². The van der Waals surface area contributed by atoms with Gasteiger partial charge < -0.3 is 9.47 Å². The van der Waals surface area contributed by atoms with Gasteiger partial charge in [-0.15, -0.1) is 11.6 Å². The molecule has 0 saturated heterocycles. The third-order valence-corrected chi connectivity index (χ3v) is 4.42. The Morgan fingerprint density at radius 2 is 1.80 bits per heavy atom. The maximum Gasteiger partial charge on any atom is 0.127 e. The van der Waals surface area contributed by atoms with Crippen LogP contribution in [0.1, 0.15) is 25.0 Å². The van der Waals surface area contributed by atoms with E-state index in [0.29, 0.717) is 16.1 Å². The lowest BCUT2D eigenvalue weighted by Crippen LogP contribution is -2.29. The molecule has 0 aliphatic carbocycles. The van der Waals surface area contributed by atoms with Crippen LogP contribution in [-0.2, 0) is 6.54 Å². The van der Waals surface area contributed by atoms with Gasteiger partial charge >= 0.3 is 0 Å². The minimum atomic E-state index is -0.172. The number of hydrogen-bond donors (Lipinski definition) is 0. The Hall–Kier alpha value is -0.480. The largest absolute Gasteiger partial charge is 0.325 e. The van der Waals surface area contributed by atoms with E-state index in [0.717, 1.165) is 23.4 Å². The third-order valence-electron chi connectivity index (χ3n) is 3.50. The van der Waals surface area contributed by atoms with Gasteiger partial charge in [0, 0.05) is 12.6 Å². The molecule has 2 atom stereocenters. The lowest BCUT2D eigenvalue weighted by molar-refractivity contribution is 0.284. The van der Waals surface area contributed by atoms with Crippen LogP contribution < -0.4 is 0 Å². The van der Waals surface area contributed by atoms with Crippen molar-refractivity contribution in [2.24, 2.45) is 0 Å². The zero-order chi connectivity index (χ0) is 15.0. The zero-order valence-electron chi connectivity index (χ0n) is 12.0. The highest BCUT2D eigenvalue weighted by atomic mass is 35.5. The summed E-state index contributed by atoms with van der Waals surface area (Å²) in [6.45, 7) is 4.88. The van der Waals surface area contributed by atoms with Crippen molar-refractivity contribution in [2.75, 3.05) is 14.1 Å². The van der Waals surface area contributed by atoms with E-state index in [1.54, 1.807) is 6.07 Å². The average molecular weight is 335 g/mol. The number of likely N-dealkylation sites (N-methyl/N-ethyl adjacent to an activating group) is 1. The Morgan fingerprint density at radius 3 is 2.35 bits per heavy atom. The van der Waals surface area contributed by atoms with Gasteiger partial charge in [0.25, 0.3) is 0 Å². The normalized spacial score (nSPS) is 15.0. The van der Waals surface area contributed by atoms with E-state index in [9.17, 15) is 0 Å². The summed E-state index contributed by atoms with van der Waals surface area (Å²) >= 11 is 18.5. The summed E-state index contributed by atoms with van der Waals surface area (Å²) in [4.78, 5) is 6.75. The van der Waals surface area contributed by atoms with Gasteiger partial charge in [-0.25, -0.2) is 4.98 Å². The molecule has 2 unspecified atom stereocenters. The number of imidazole rings is 1. The summed E-state index contributed by atoms with van der Waals surface area (Å²) in [6, 6.07) is 4.01. The molecular weight excluding hydrogens is 317 g/mol. The minimum absolute atomic E-state index is 0.172. The number of rotatable bonds is 4. The molecule has 110 valence electrons. The second kappa shape index (κ2) is 6.10. The van der Waals surface area contributed by atoms with Crippen LogP contribution in [0.3, 0.4) is 0 Å². The molecule has 0 aliphatic rings. The minimum Gasteiger partial charge on any atom is -0.325 e. The van der Waals surface area contributed by atoms with E-state index in [4.69, 9.17) is 34.8 Å². The Morgan fingerprint density at radius 1 is 1.20 bits per heavy atom. The molecule has 0 bridgehead atoms. The predicted molar refractivity (Wildman–Crippen MR) is 87.2 cm³/mol. The van der Waals surface area contributed by atoms with Crippen LogP contribution in [0, 0.1) is 0 Å². The van der Waals surface area contributed by atoms with Crippen molar-refractivity contribution < 1.29 is 0 Å². The lowest BCUT2D eigenvalue weighted by Gasteiger charge is -2.22. The molecule has 0 aliphatic heterocycles. The summed E-state index contributed by atoms with van der Waals surface area (Å²) in [5, 5.41) is 0.874. The SMILES string of the molecule is CC(Cl)c1nc2cc(Cl)c(Cl)cc2n1CC(C)N(C)C. The molecule has 1 aromatic carbocycles. The van der Waals surface area contributed by atoms with Crippen LogP contribution in [0.2, 0.25) is 10.0 Å². The molecule has 2 aromatic rings. The standard InChI is InChI=1S/C14H18Cl3N3/c1-8(19(3)4)7-20-13-6-11(17)10(16)5-12(13)18-14(20)9(2)15/h5-6,8-9H,7H2,1-4H3. The molecule has 1 heterocycles. The Bertz CT molecular complexity index is 620. The van der Waals surface area contributed by atoms with Crippen LogP contribution in [0.15, 0.2) is 12.1 Å². The second-order valence-corrected chi connectivity index (χ2v) is 6.73. The summed E-state index contributed by atoms with van der Waals surface area (Å²) in [5.41, 5.74) is 1.79. The molecule has 0 spiro atoms. The highest BCUT2D eigenvalue weighted by Gasteiger charge is 2.18. The zero-order valence-corrected chi connectivity index (χ0v) is 14.3. The van der Waals surface area contributed by atoms with Gasteiger partial charge in [0.2, 0.25) is 0 Å². The van der Waals surface area contributed by atoms with Crippen LogP contribution in [0.25, 0.3) is 11.0 Å². The summed E-state index contributed by atoms with van der Waals surface area (Å²) in [7, 11) is 4.11. The molecule has 0 amide bonds. The number of nitrogens with zero attached hydrogens (tertiary/aromatic N) is 3. The van der Waals surface area contributed by atoms with E-state index in [2.05, 4.69) is 35.5 Å². The fourth-order valence-electron chi connectivity index (χ4n) is 2.06. The number of halogens is 3. The molecule has 0 N–H and O–H groups in total. The topological polar surface area (TPSA) is 21.1 Å². The first kappa shape index (κ1) is 15.9. The highest BCUT2D eigenvalue weighted by Crippen LogP contribution is 2.31. The number of aromatic nitrogens is 2. The Kier molecular flexibility index (Phi) is 4.85. The van der Waals surface area contributed by atoms with E-state index < -0.39 is 0 Å². The van der Waals surface area contributed by atoms with Crippen LogP contribution in [-0.4, -0.2) is 34.6 Å². The first-order chi connectivity index (χ1) is 9.31. The van der Waals surface area contributed by atoms with Crippen molar-refractivity contribution >= 4 is 45.8 Å². The Balaban J connectivity index is 2.59. The molecule has 0 saturated carbocycles. The lowest BCUT2D eigenvalue weighted by atomic mass is 10.2. The van der Waals surface area contributed by atoms with Gasteiger partial charge in [-0.05, 0) is 40.1 Å². The van der Waals surface area contributed by atoms with Crippen molar-refractivity contribution in [1.29, 1.82) is 0 Å². The molecule has 0 fully saturated rings. The van der Waals surface area contributed by atoms with Gasteiger partial charge in [-0.3, -0.25) is 0 Å². The third kappa shape index (κ3) is 3.06. The van der Waals surface area contributed by atoms with Crippen molar-refractivity contribution in [2.45, 2.75) is 31.8 Å². The van der Waals surface area contributed by atoms with Crippen LogP contribution in [0.5, 0.6) is 0 Å². The highest BCUT2D eigenvalue weighted by molar-refractivity contribution is 6.42. The fourth-order valence-corrected chi connectivity index (χ4v) is 2.54. The average Bonchev–Trinajstić information content (AvgIpc) is 2.68. The maximum atomic E-state index is 6.26. The van der Waals surface area contributed by atoms with Crippen LogP contribution >= 0.6 is 34.8 Å². The molecule has 2 rings (SSSR count). The predicted octanol–water partition coefficient (Wildman–Crippen LogP) is 4.59.